The van der Waals surface area contributed by atoms with Crippen molar-refractivity contribution in [2.75, 3.05) is 74.0 Å². The third-order valence-corrected chi connectivity index (χ3v) is 12.9. The van der Waals surface area contributed by atoms with Crippen LogP contribution >= 0.6 is 0 Å². The Balaban J connectivity index is 0.711. The highest BCUT2D eigenvalue weighted by Crippen LogP contribution is 2.33. The number of rotatable bonds is 12. The van der Waals surface area contributed by atoms with Crippen LogP contribution in [0.15, 0.2) is 67.0 Å². The fraction of sp³-hybridized carbons (Fsp3) is 0.447. The molecule has 2 aromatic heterocycles. The second-order valence-electron chi connectivity index (χ2n) is 17.7. The summed E-state index contributed by atoms with van der Waals surface area (Å²) in [6.45, 7) is 14.2. The van der Waals surface area contributed by atoms with Crippen LogP contribution in [0.25, 0.3) is 11.3 Å². The van der Waals surface area contributed by atoms with Gasteiger partial charge in [-0.1, -0.05) is 12.1 Å². The van der Waals surface area contributed by atoms with E-state index in [0.717, 1.165) is 103 Å². The zero-order chi connectivity index (χ0) is 44.5. The molecular formula is C47H55N11O6. The fourth-order valence-corrected chi connectivity index (χ4v) is 9.32. The minimum atomic E-state index is -0.970. The molecule has 2 aromatic carbocycles. The van der Waals surface area contributed by atoms with E-state index < -0.39 is 23.8 Å². The number of piperazine rings is 1. The van der Waals surface area contributed by atoms with Crippen LogP contribution < -0.4 is 25.8 Å². The molecule has 7 heterocycles. The fourth-order valence-electron chi connectivity index (χ4n) is 9.32. The van der Waals surface area contributed by atoms with Crippen molar-refractivity contribution < 1.29 is 28.7 Å². The maximum absolute atomic E-state index is 13.4. The number of amides is 6. The number of nitrogens with one attached hydrogen (secondary N) is 3. The summed E-state index contributed by atoms with van der Waals surface area (Å²) in [4.78, 5) is 87.1. The number of nitrogens with zero attached hydrogens (tertiary/aromatic N) is 8. The maximum Gasteiger partial charge on any atom is 0.317 e. The lowest BCUT2D eigenvalue weighted by molar-refractivity contribution is -0.136. The van der Waals surface area contributed by atoms with E-state index in [1.807, 2.05) is 63.4 Å². The van der Waals surface area contributed by atoms with Crippen molar-refractivity contribution in [3.05, 3.63) is 89.2 Å². The maximum atomic E-state index is 13.4. The molecule has 1 atom stereocenters. The Morgan fingerprint density at radius 3 is 2.36 bits per heavy atom. The summed E-state index contributed by atoms with van der Waals surface area (Å²) in [6, 6.07) is 16.4. The van der Waals surface area contributed by atoms with Crippen molar-refractivity contribution in [2.24, 2.45) is 5.92 Å². The van der Waals surface area contributed by atoms with Gasteiger partial charge in [-0.3, -0.25) is 34.3 Å². The Morgan fingerprint density at radius 1 is 0.859 bits per heavy atom. The van der Waals surface area contributed by atoms with Crippen LogP contribution in [0.3, 0.4) is 0 Å². The highest BCUT2D eigenvalue weighted by atomic mass is 16.5. The highest BCUT2D eigenvalue weighted by molar-refractivity contribution is 6.23. The van der Waals surface area contributed by atoms with Crippen LogP contribution in [0.1, 0.15) is 71.4 Å². The average Bonchev–Trinajstić information content (AvgIpc) is 3.52. The molecule has 5 aliphatic rings. The molecule has 4 saturated heterocycles. The molecule has 3 N–H and O–H groups in total. The largest absolute Gasteiger partial charge is 0.372 e. The number of likely N-dealkylation sites (tertiary alicyclic amines) is 1. The highest BCUT2D eigenvalue weighted by Gasteiger charge is 2.45. The standard InChI is InChI=1S/C47H55N11O6/c1-29(2)64-36-27-57(28-36)47(63)50-24-33-5-4-32(22-30(33)3)39-12-15-48-46(52-39)51-34-6-10-41(49-25-34)56-20-18-54(19-21-56)26-31-13-16-55(17-14-31)35-7-8-37-38(23-35)45(62)58(44(37)61)40-9-11-42(59)53-43(40)60/h4-8,10,12,15,22-23,25,29,31,36,40H,9,11,13-14,16-21,24,26-28H2,1-3H3,(H,50,63)(H,48,51,52)(H,53,59,60). The van der Waals surface area contributed by atoms with Crippen molar-refractivity contribution in [3.8, 4) is 11.3 Å². The first kappa shape index (κ1) is 42.8. The van der Waals surface area contributed by atoms with Crippen LogP contribution in [0.2, 0.25) is 0 Å². The Kier molecular flexibility index (Phi) is 12.3. The minimum absolute atomic E-state index is 0.0772. The number of anilines is 4. The van der Waals surface area contributed by atoms with Gasteiger partial charge in [-0.15, -0.1) is 0 Å². The number of fused-ring (bicyclic) bond motifs is 1. The molecule has 1 unspecified atom stereocenters. The number of imide groups is 2. The zero-order valence-electron chi connectivity index (χ0n) is 36.6. The summed E-state index contributed by atoms with van der Waals surface area (Å²) >= 11 is 0. The molecule has 17 nitrogen and oxygen atoms in total. The number of benzene rings is 2. The van der Waals surface area contributed by atoms with Crippen LogP contribution in [-0.2, 0) is 20.9 Å². The van der Waals surface area contributed by atoms with E-state index in [2.05, 4.69) is 41.7 Å². The van der Waals surface area contributed by atoms with Gasteiger partial charge in [-0.25, -0.2) is 19.7 Å². The molecule has 0 aliphatic carbocycles. The van der Waals surface area contributed by atoms with E-state index in [4.69, 9.17) is 14.7 Å². The van der Waals surface area contributed by atoms with Crippen molar-refractivity contribution in [2.45, 2.75) is 71.2 Å². The lowest BCUT2D eigenvalue weighted by atomic mass is 9.95. The molecular weight excluding hydrogens is 815 g/mol. The van der Waals surface area contributed by atoms with Gasteiger partial charge in [-0.05, 0) is 99.5 Å². The number of piperidine rings is 2. The summed E-state index contributed by atoms with van der Waals surface area (Å²) < 4.78 is 5.76. The van der Waals surface area contributed by atoms with Crippen molar-refractivity contribution in [1.82, 2.24) is 40.3 Å². The topological polar surface area (TPSA) is 186 Å². The van der Waals surface area contributed by atoms with Gasteiger partial charge >= 0.3 is 6.03 Å². The van der Waals surface area contributed by atoms with Gasteiger partial charge in [0.2, 0.25) is 17.8 Å². The summed E-state index contributed by atoms with van der Waals surface area (Å²) in [6.07, 6.45) is 6.11. The van der Waals surface area contributed by atoms with Crippen LogP contribution in [0, 0.1) is 12.8 Å². The SMILES string of the molecule is Cc1cc(-c2ccnc(Nc3ccc(N4CCN(CC5CCN(c6ccc7c(c6)C(=O)N(C6CCC(=O)NC6=O)C7=O)CC5)CC4)nc3)n2)ccc1CNC(=O)N1CC(OC(C)C)C1. The number of aryl methyl sites for hydroxylation is 1. The van der Waals surface area contributed by atoms with Gasteiger partial charge in [-0.2, -0.15) is 0 Å². The number of ether oxygens (including phenoxy) is 1. The molecule has 5 aliphatic heterocycles. The molecule has 17 heteroatoms. The van der Waals surface area contributed by atoms with Gasteiger partial charge in [0.05, 0.1) is 54.0 Å². The normalized spacial score (nSPS) is 19.8. The number of pyridine rings is 1. The second kappa shape index (κ2) is 18.3. The lowest BCUT2D eigenvalue weighted by Gasteiger charge is -2.39. The average molecular weight is 870 g/mol. The summed E-state index contributed by atoms with van der Waals surface area (Å²) in [5.74, 6) is 0.0181. The Labute approximate surface area is 372 Å². The van der Waals surface area contributed by atoms with Gasteiger partial charge < -0.3 is 30.1 Å². The summed E-state index contributed by atoms with van der Waals surface area (Å²) in [7, 11) is 0. The Morgan fingerprint density at radius 2 is 1.64 bits per heavy atom. The van der Waals surface area contributed by atoms with E-state index in [1.165, 1.54) is 0 Å². The molecule has 6 amide bonds. The van der Waals surface area contributed by atoms with Gasteiger partial charge in [0.25, 0.3) is 11.8 Å². The molecule has 9 rings (SSSR count). The summed E-state index contributed by atoms with van der Waals surface area (Å²) in [5.41, 5.74) is 6.18. The molecule has 0 saturated carbocycles. The molecule has 0 radical (unpaired) electrons. The first-order valence-electron chi connectivity index (χ1n) is 22.4. The number of hydrogen-bond donors (Lipinski definition) is 3. The number of carbonyl (C=O) groups is 5. The van der Waals surface area contributed by atoms with Gasteiger partial charge in [0.1, 0.15) is 11.9 Å². The minimum Gasteiger partial charge on any atom is -0.372 e. The molecule has 0 bridgehead atoms. The zero-order valence-corrected chi connectivity index (χ0v) is 36.6. The third kappa shape index (κ3) is 9.26. The smallest absolute Gasteiger partial charge is 0.317 e. The molecule has 0 spiro atoms. The number of hydrogen-bond acceptors (Lipinski definition) is 13. The van der Waals surface area contributed by atoms with E-state index in [-0.39, 0.29) is 37.0 Å². The Bertz CT molecular complexity index is 2420. The second-order valence-corrected chi connectivity index (χ2v) is 17.7. The number of urea groups is 1. The first-order valence-corrected chi connectivity index (χ1v) is 22.4. The van der Waals surface area contributed by atoms with E-state index >= 15 is 0 Å². The lowest BCUT2D eigenvalue weighted by Crippen LogP contribution is -2.58. The number of carbonyl (C=O) groups excluding carboxylic acids is 5. The van der Waals surface area contributed by atoms with Crippen LogP contribution in [0.4, 0.5) is 27.9 Å². The van der Waals surface area contributed by atoms with Gasteiger partial charge in [0, 0.05) is 76.2 Å². The molecule has 64 heavy (non-hydrogen) atoms. The quantitative estimate of drug-likeness (QED) is 0.171. The van der Waals surface area contributed by atoms with E-state index in [9.17, 15) is 24.0 Å². The van der Waals surface area contributed by atoms with Crippen molar-refractivity contribution in [1.29, 1.82) is 0 Å². The molecule has 4 fully saturated rings. The number of aromatic nitrogens is 3. The predicted molar refractivity (Wildman–Crippen MR) is 240 cm³/mol. The summed E-state index contributed by atoms with van der Waals surface area (Å²) in [5, 5.41) is 8.59. The first-order chi connectivity index (χ1) is 30.9. The Hall–Kier alpha value is -6.46. The van der Waals surface area contributed by atoms with E-state index in [1.54, 1.807) is 23.2 Å². The van der Waals surface area contributed by atoms with Gasteiger partial charge in [0.15, 0.2) is 0 Å². The molecule has 4 aromatic rings. The van der Waals surface area contributed by atoms with Crippen molar-refractivity contribution >= 4 is 52.8 Å². The third-order valence-electron chi connectivity index (χ3n) is 12.9. The predicted octanol–water partition coefficient (Wildman–Crippen LogP) is 4.35. The molecule has 334 valence electrons. The monoisotopic (exact) mass is 869 g/mol. The van der Waals surface area contributed by atoms with Crippen LogP contribution in [0.5, 0.6) is 0 Å². The van der Waals surface area contributed by atoms with Crippen molar-refractivity contribution in [3.63, 3.8) is 0 Å². The van der Waals surface area contributed by atoms with Crippen LogP contribution in [-0.4, -0.2) is 136 Å². The van der Waals surface area contributed by atoms with E-state index in [0.29, 0.717) is 42.6 Å².